The van der Waals surface area contributed by atoms with Crippen LogP contribution < -0.4 is 10.6 Å². The van der Waals surface area contributed by atoms with Crippen molar-refractivity contribution in [1.82, 2.24) is 15.5 Å². The van der Waals surface area contributed by atoms with Crippen molar-refractivity contribution in [3.8, 4) is 0 Å². The van der Waals surface area contributed by atoms with Gasteiger partial charge in [-0.25, -0.2) is 0 Å². The van der Waals surface area contributed by atoms with Gasteiger partial charge in [0.25, 0.3) is 0 Å². The summed E-state index contributed by atoms with van der Waals surface area (Å²) in [6.07, 6.45) is 0. The molecular weight excluding hydrogens is 467 g/mol. The number of nitrogens with one attached hydrogen (secondary N) is 2. The van der Waals surface area contributed by atoms with Crippen molar-refractivity contribution in [2.75, 3.05) is 39.9 Å². The Balaban J connectivity index is 0.00000280. The lowest BCUT2D eigenvalue weighted by molar-refractivity contribution is 0.0124. The van der Waals surface area contributed by atoms with E-state index in [1.807, 2.05) is 13.0 Å². The highest BCUT2D eigenvalue weighted by molar-refractivity contribution is 14.0. The van der Waals surface area contributed by atoms with Gasteiger partial charge in [-0.1, -0.05) is 29.8 Å². The van der Waals surface area contributed by atoms with E-state index in [0.29, 0.717) is 0 Å². The molecule has 2 aromatic rings. The fraction of sp³-hybridized carbons (Fsp3) is 0.476. The summed E-state index contributed by atoms with van der Waals surface area (Å²) in [5.74, 6) is 2.71. The summed E-state index contributed by atoms with van der Waals surface area (Å²) in [5, 5.41) is 6.84. The van der Waals surface area contributed by atoms with E-state index in [2.05, 4.69) is 57.8 Å². The summed E-state index contributed by atoms with van der Waals surface area (Å²) >= 11 is 0. The van der Waals surface area contributed by atoms with Crippen molar-refractivity contribution in [3.63, 3.8) is 0 Å². The van der Waals surface area contributed by atoms with Gasteiger partial charge in [-0.05, 0) is 31.5 Å². The lowest BCUT2D eigenvalue weighted by Crippen LogP contribution is -2.46. The second kappa shape index (κ2) is 11.4. The van der Waals surface area contributed by atoms with Crippen molar-refractivity contribution in [1.29, 1.82) is 0 Å². The minimum atomic E-state index is 0. The summed E-state index contributed by atoms with van der Waals surface area (Å²) in [7, 11) is 1.80. The number of guanidine groups is 1. The molecule has 0 aliphatic carbocycles. The van der Waals surface area contributed by atoms with Crippen molar-refractivity contribution in [2.24, 2.45) is 4.99 Å². The third-order valence-electron chi connectivity index (χ3n) is 4.84. The zero-order valence-corrected chi connectivity index (χ0v) is 19.2. The average molecular weight is 498 g/mol. The molecule has 1 aliphatic heterocycles. The number of hydrogen-bond donors (Lipinski definition) is 2. The lowest BCUT2D eigenvalue weighted by atomic mass is 10.1. The second-order valence-electron chi connectivity index (χ2n) is 6.90. The third kappa shape index (κ3) is 6.49. The van der Waals surface area contributed by atoms with Crippen LogP contribution in [0.1, 0.15) is 28.7 Å². The molecule has 3 rings (SSSR count). The molecule has 7 heteroatoms. The van der Waals surface area contributed by atoms with E-state index >= 15 is 0 Å². The van der Waals surface area contributed by atoms with Gasteiger partial charge in [-0.3, -0.25) is 9.89 Å². The summed E-state index contributed by atoms with van der Waals surface area (Å²) in [5.41, 5.74) is 2.50. The van der Waals surface area contributed by atoms with E-state index in [9.17, 15) is 0 Å². The predicted octanol–water partition coefficient (Wildman–Crippen LogP) is 3.25. The normalized spacial score (nSPS) is 16.3. The molecule has 1 aromatic heterocycles. The predicted molar refractivity (Wildman–Crippen MR) is 123 cm³/mol. The molecule has 0 saturated carbocycles. The number of morpholine rings is 1. The molecule has 0 radical (unpaired) electrons. The third-order valence-corrected chi connectivity index (χ3v) is 4.84. The monoisotopic (exact) mass is 498 g/mol. The molecule has 1 saturated heterocycles. The maximum Gasteiger partial charge on any atom is 0.191 e. The highest BCUT2D eigenvalue weighted by Crippen LogP contribution is 2.23. The van der Waals surface area contributed by atoms with E-state index < -0.39 is 0 Å². The van der Waals surface area contributed by atoms with Gasteiger partial charge in [0, 0.05) is 33.2 Å². The van der Waals surface area contributed by atoms with Gasteiger partial charge in [-0.15, -0.1) is 24.0 Å². The number of rotatable bonds is 6. The SMILES string of the molecule is CN=C(NCc1ccc(C)cc1)NCC(c1ccc(C)o1)N1CCOCC1.I. The Morgan fingerprint density at radius 1 is 1.07 bits per heavy atom. The Hall–Kier alpha value is -1.58. The zero-order valence-electron chi connectivity index (χ0n) is 16.9. The Morgan fingerprint density at radius 3 is 2.39 bits per heavy atom. The Kier molecular flexibility index (Phi) is 9.27. The van der Waals surface area contributed by atoms with Gasteiger partial charge in [0.1, 0.15) is 11.5 Å². The first-order valence-corrected chi connectivity index (χ1v) is 9.54. The highest BCUT2D eigenvalue weighted by atomic mass is 127. The molecule has 0 bridgehead atoms. The molecule has 1 unspecified atom stereocenters. The molecule has 0 amide bonds. The maximum absolute atomic E-state index is 5.92. The van der Waals surface area contributed by atoms with Gasteiger partial charge in [-0.2, -0.15) is 0 Å². The fourth-order valence-corrected chi connectivity index (χ4v) is 3.24. The number of benzene rings is 1. The Bertz CT molecular complexity index is 739. The summed E-state index contributed by atoms with van der Waals surface area (Å²) < 4.78 is 11.4. The number of aryl methyl sites for hydroxylation is 2. The summed E-state index contributed by atoms with van der Waals surface area (Å²) in [4.78, 5) is 6.76. The minimum absolute atomic E-state index is 0. The van der Waals surface area contributed by atoms with Crippen LogP contribution in [0, 0.1) is 13.8 Å². The lowest BCUT2D eigenvalue weighted by Gasteiger charge is -2.33. The van der Waals surface area contributed by atoms with Crippen LogP contribution in [0.5, 0.6) is 0 Å². The molecule has 1 aliphatic rings. The van der Waals surface area contributed by atoms with Gasteiger partial charge < -0.3 is 19.8 Å². The van der Waals surface area contributed by atoms with Crippen molar-refractivity contribution in [2.45, 2.75) is 26.4 Å². The van der Waals surface area contributed by atoms with E-state index in [4.69, 9.17) is 9.15 Å². The largest absolute Gasteiger partial charge is 0.465 e. The van der Waals surface area contributed by atoms with Crippen molar-refractivity contribution in [3.05, 3.63) is 59.0 Å². The summed E-state index contributed by atoms with van der Waals surface area (Å²) in [6.45, 7) is 8.87. The van der Waals surface area contributed by atoms with Crippen LogP contribution in [0.3, 0.4) is 0 Å². The molecule has 0 spiro atoms. The van der Waals surface area contributed by atoms with E-state index in [1.165, 1.54) is 11.1 Å². The second-order valence-corrected chi connectivity index (χ2v) is 6.90. The Morgan fingerprint density at radius 2 is 1.79 bits per heavy atom. The zero-order chi connectivity index (χ0) is 19.1. The van der Waals surface area contributed by atoms with Gasteiger partial charge >= 0.3 is 0 Å². The Labute approximate surface area is 184 Å². The fourth-order valence-electron chi connectivity index (χ4n) is 3.24. The quantitative estimate of drug-likeness (QED) is 0.364. The van der Waals surface area contributed by atoms with E-state index in [-0.39, 0.29) is 30.0 Å². The molecular formula is C21H31IN4O2. The molecule has 154 valence electrons. The van der Waals surface area contributed by atoms with Crippen LogP contribution in [0.4, 0.5) is 0 Å². The molecule has 2 N–H and O–H groups in total. The van der Waals surface area contributed by atoms with Gasteiger partial charge in [0.05, 0.1) is 19.3 Å². The van der Waals surface area contributed by atoms with Crippen LogP contribution in [-0.4, -0.2) is 50.8 Å². The number of hydrogen-bond acceptors (Lipinski definition) is 4. The first-order chi connectivity index (χ1) is 13.2. The molecule has 1 fully saturated rings. The maximum atomic E-state index is 5.92. The van der Waals surface area contributed by atoms with Crippen molar-refractivity contribution < 1.29 is 9.15 Å². The minimum Gasteiger partial charge on any atom is -0.465 e. The average Bonchev–Trinajstić information content (AvgIpc) is 3.12. The molecule has 1 atom stereocenters. The number of furan rings is 1. The number of ether oxygens (including phenoxy) is 1. The van der Waals surface area contributed by atoms with Crippen LogP contribution in [0.15, 0.2) is 45.8 Å². The number of halogens is 1. The molecule has 1 aromatic carbocycles. The van der Waals surface area contributed by atoms with Crippen LogP contribution in [-0.2, 0) is 11.3 Å². The first kappa shape index (κ1) is 22.7. The molecule has 2 heterocycles. The summed E-state index contributed by atoms with van der Waals surface area (Å²) in [6, 6.07) is 12.8. The van der Waals surface area contributed by atoms with E-state index in [1.54, 1.807) is 7.05 Å². The smallest absolute Gasteiger partial charge is 0.191 e. The number of nitrogens with zero attached hydrogens (tertiary/aromatic N) is 2. The molecule has 28 heavy (non-hydrogen) atoms. The highest BCUT2D eigenvalue weighted by Gasteiger charge is 2.25. The van der Waals surface area contributed by atoms with E-state index in [0.717, 1.165) is 56.9 Å². The van der Waals surface area contributed by atoms with Crippen LogP contribution in [0.2, 0.25) is 0 Å². The van der Waals surface area contributed by atoms with Crippen molar-refractivity contribution >= 4 is 29.9 Å². The van der Waals surface area contributed by atoms with Crippen LogP contribution >= 0.6 is 24.0 Å². The van der Waals surface area contributed by atoms with Gasteiger partial charge in [0.15, 0.2) is 5.96 Å². The number of aliphatic imine (C=N–C) groups is 1. The van der Waals surface area contributed by atoms with Crippen LogP contribution in [0.25, 0.3) is 0 Å². The topological polar surface area (TPSA) is 62.0 Å². The standard InChI is InChI=1S/C21H30N4O2.HI/c1-16-4-7-18(8-5-16)14-23-21(22-3)24-15-19(20-9-6-17(2)27-20)25-10-12-26-13-11-25;/h4-9,19H,10-15H2,1-3H3,(H2,22,23,24);1H. The molecule has 6 nitrogen and oxygen atoms in total. The van der Waals surface area contributed by atoms with Gasteiger partial charge in [0.2, 0.25) is 0 Å². The first-order valence-electron chi connectivity index (χ1n) is 9.54.